The molecular weight excluding hydrogens is 306 g/mol. The molecule has 21 heavy (non-hydrogen) atoms. The molecule has 0 fully saturated rings. The van der Waals surface area contributed by atoms with Crippen molar-refractivity contribution in [1.29, 1.82) is 0 Å². The number of nitrogens with one attached hydrogen (secondary N) is 1. The lowest BCUT2D eigenvalue weighted by molar-refractivity contribution is 0.601. The first-order valence-corrected chi connectivity index (χ1v) is 8.97. The van der Waals surface area contributed by atoms with Gasteiger partial charge in [-0.05, 0) is 41.9 Å². The molecule has 0 aliphatic rings. The Morgan fingerprint density at radius 1 is 1.00 bits per heavy atom. The standard InChI is InChI=1S/C16H18ClNO2S/c1-3-18-16(12-4-8-14(17)9-5-12)13-6-10-15(11-7-13)21(2,19)20/h4-11,16,18H,3H2,1-2H3. The van der Waals surface area contributed by atoms with Crippen LogP contribution in [-0.4, -0.2) is 21.2 Å². The molecular formula is C16H18ClNO2S. The van der Waals surface area contributed by atoms with E-state index >= 15 is 0 Å². The Labute approximate surface area is 130 Å². The van der Waals surface area contributed by atoms with Gasteiger partial charge in [0, 0.05) is 11.3 Å². The molecule has 0 spiro atoms. The van der Waals surface area contributed by atoms with Crippen LogP contribution in [0.2, 0.25) is 5.02 Å². The van der Waals surface area contributed by atoms with Gasteiger partial charge in [-0.2, -0.15) is 0 Å². The van der Waals surface area contributed by atoms with Crippen molar-refractivity contribution in [3.63, 3.8) is 0 Å². The van der Waals surface area contributed by atoms with Crippen molar-refractivity contribution in [2.24, 2.45) is 0 Å². The molecule has 0 aliphatic carbocycles. The first-order valence-electron chi connectivity index (χ1n) is 6.70. The lowest BCUT2D eigenvalue weighted by Crippen LogP contribution is -2.22. The molecule has 0 bridgehead atoms. The fraction of sp³-hybridized carbons (Fsp3) is 0.250. The Morgan fingerprint density at radius 2 is 1.48 bits per heavy atom. The van der Waals surface area contributed by atoms with Crippen LogP contribution in [0.5, 0.6) is 0 Å². The lowest BCUT2D eigenvalue weighted by Gasteiger charge is -2.19. The Bertz CT molecular complexity index is 694. The van der Waals surface area contributed by atoms with Crippen molar-refractivity contribution in [2.75, 3.05) is 12.8 Å². The molecule has 112 valence electrons. The van der Waals surface area contributed by atoms with Crippen LogP contribution >= 0.6 is 11.6 Å². The number of hydrogen-bond donors (Lipinski definition) is 1. The molecule has 0 saturated heterocycles. The van der Waals surface area contributed by atoms with E-state index in [9.17, 15) is 8.42 Å². The molecule has 0 saturated carbocycles. The highest BCUT2D eigenvalue weighted by Gasteiger charge is 2.14. The van der Waals surface area contributed by atoms with E-state index in [0.717, 1.165) is 17.7 Å². The summed E-state index contributed by atoms with van der Waals surface area (Å²) in [4.78, 5) is 0.331. The van der Waals surface area contributed by atoms with E-state index in [2.05, 4.69) is 5.32 Å². The fourth-order valence-electron chi connectivity index (χ4n) is 2.19. The number of hydrogen-bond acceptors (Lipinski definition) is 3. The van der Waals surface area contributed by atoms with Crippen molar-refractivity contribution in [2.45, 2.75) is 17.9 Å². The zero-order chi connectivity index (χ0) is 15.5. The van der Waals surface area contributed by atoms with Gasteiger partial charge >= 0.3 is 0 Å². The summed E-state index contributed by atoms with van der Waals surface area (Å²) in [5, 5.41) is 4.10. The van der Waals surface area contributed by atoms with Crippen molar-refractivity contribution in [1.82, 2.24) is 5.32 Å². The third-order valence-corrected chi connectivity index (χ3v) is 4.63. The SMILES string of the molecule is CCNC(c1ccc(Cl)cc1)c1ccc(S(C)(=O)=O)cc1. The summed E-state index contributed by atoms with van der Waals surface area (Å²) in [6, 6.07) is 14.6. The first-order chi connectivity index (χ1) is 9.91. The molecule has 1 N–H and O–H groups in total. The molecule has 0 aliphatic heterocycles. The Kier molecular flexibility index (Phi) is 5.04. The van der Waals surface area contributed by atoms with Gasteiger partial charge in [0.2, 0.25) is 0 Å². The molecule has 2 aromatic carbocycles. The van der Waals surface area contributed by atoms with E-state index in [1.807, 2.05) is 43.3 Å². The number of benzene rings is 2. The molecule has 5 heteroatoms. The van der Waals surface area contributed by atoms with Crippen molar-refractivity contribution in [3.8, 4) is 0 Å². The van der Waals surface area contributed by atoms with E-state index in [4.69, 9.17) is 11.6 Å². The zero-order valence-corrected chi connectivity index (χ0v) is 13.6. The summed E-state index contributed by atoms with van der Waals surface area (Å²) >= 11 is 5.92. The highest BCUT2D eigenvalue weighted by atomic mass is 35.5. The summed E-state index contributed by atoms with van der Waals surface area (Å²) in [5.41, 5.74) is 2.11. The molecule has 3 nitrogen and oxygen atoms in total. The summed E-state index contributed by atoms with van der Waals surface area (Å²) in [5.74, 6) is 0. The van der Waals surface area contributed by atoms with Gasteiger partial charge in [-0.25, -0.2) is 8.42 Å². The second-order valence-corrected chi connectivity index (χ2v) is 7.34. The lowest BCUT2D eigenvalue weighted by atomic mass is 9.99. The maximum absolute atomic E-state index is 11.5. The third-order valence-electron chi connectivity index (χ3n) is 3.25. The van der Waals surface area contributed by atoms with Crippen LogP contribution in [0.15, 0.2) is 53.4 Å². The van der Waals surface area contributed by atoms with Gasteiger partial charge in [-0.15, -0.1) is 0 Å². The summed E-state index contributed by atoms with van der Waals surface area (Å²) in [6.45, 7) is 2.84. The van der Waals surface area contributed by atoms with E-state index in [1.54, 1.807) is 12.1 Å². The number of rotatable bonds is 5. The predicted octanol–water partition coefficient (Wildman–Crippen LogP) is 3.44. The maximum Gasteiger partial charge on any atom is 0.175 e. The van der Waals surface area contributed by atoms with Crippen LogP contribution in [0.3, 0.4) is 0 Å². The Morgan fingerprint density at radius 3 is 1.90 bits per heavy atom. The predicted molar refractivity (Wildman–Crippen MR) is 86.5 cm³/mol. The van der Waals surface area contributed by atoms with Gasteiger partial charge in [0.25, 0.3) is 0 Å². The molecule has 2 rings (SSSR count). The van der Waals surface area contributed by atoms with Crippen molar-refractivity contribution >= 4 is 21.4 Å². The van der Waals surface area contributed by atoms with Crippen molar-refractivity contribution in [3.05, 3.63) is 64.7 Å². The van der Waals surface area contributed by atoms with Crippen LogP contribution in [0.1, 0.15) is 24.1 Å². The van der Waals surface area contributed by atoms with E-state index in [1.165, 1.54) is 6.26 Å². The quantitative estimate of drug-likeness (QED) is 0.916. The highest BCUT2D eigenvalue weighted by molar-refractivity contribution is 7.90. The highest BCUT2D eigenvalue weighted by Crippen LogP contribution is 2.24. The third kappa shape index (κ3) is 4.06. The van der Waals surface area contributed by atoms with Crippen LogP contribution < -0.4 is 5.32 Å². The summed E-state index contributed by atoms with van der Waals surface area (Å²) in [7, 11) is -3.17. The minimum atomic E-state index is -3.17. The molecule has 2 aromatic rings. The molecule has 0 radical (unpaired) electrons. The summed E-state index contributed by atoms with van der Waals surface area (Å²) in [6.07, 6.45) is 1.21. The fourth-order valence-corrected chi connectivity index (χ4v) is 2.95. The maximum atomic E-state index is 11.5. The van der Waals surface area contributed by atoms with E-state index in [0.29, 0.717) is 9.92 Å². The van der Waals surface area contributed by atoms with Gasteiger partial charge in [-0.1, -0.05) is 42.8 Å². The normalized spacial score (nSPS) is 13.1. The van der Waals surface area contributed by atoms with Gasteiger partial charge in [0.1, 0.15) is 0 Å². The monoisotopic (exact) mass is 323 g/mol. The molecule has 1 unspecified atom stereocenters. The van der Waals surface area contributed by atoms with Crippen molar-refractivity contribution < 1.29 is 8.42 Å². The number of sulfone groups is 1. The minimum absolute atomic E-state index is 0.0147. The second-order valence-electron chi connectivity index (χ2n) is 4.88. The van der Waals surface area contributed by atoms with Gasteiger partial charge in [-0.3, -0.25) is 0 Å². The largest absolute Gasteiger partial charge is 0.307 e. The van der Waals surface area contributed by atoms with Crippen LogP contribution in [0.4, 0.5) is 0 Å². The Balaban J connectivity index is 2.36. The first kappa shape index (κ1) is 16.0. The smallest absolute Gasteiger partial charge is 0.175 e. The van der Waals surface area contributed by atoms with Crippen LogP contribution in [0, 0.1) is 0 Å². The average molecular weight is 324 g/mol. The zero-order valence-electron chi connectivity index (χ0n) is 12.0. The topological polar surface area (TPSA) is 46.2 Å². The molecule has 1 atom stereocenters. The average Bonchev–Trinajstić information content (AvgIpc) is 2.45. The minimum Gasteiger partial charge on any atom is -0.307 e. The van der Waals surface area contributed by atoms with E-state index in [-0.39, 0.29) is 6.04 Å². The van der Waals surface area contributed by atoms with Gasteiger partial charge in [0.05, 0.1) is 10.9 Å². The van der Waals surface area contributed by atoms with Crippen LogP contribution in [-0.2, 0) is 9.84 Å². The van der Waals surface area contributed by atoms with Crippen LogP contribution in [0.25, 0.3) is 0 Å². The Hall–Kier alpha value is -1.36. The number of halogens is 1. The van der Waals surface area contributed by atoms with Gasteiger partial charge in [0.15, 0.2) is 9.84 Å². The second kappa shape index (κ2) is 6.60. The molecule has 0 heterocycles. The summed E-state index contributed by atoms with van der Waals surface area (Å²) < 4.78 is 23.0. The molecule has 0 amide bonds. The molecule has 0 aromatic heterocycles. The van der Waals surface area contributed by atoms with Gasteiger partial charge < -0.3 is 5.32 Å². The van der Waals surface area contributed by atoms with E-state index < -0.39 is 9.84 Å².